The second kappa shape index (κ2) is 8.92. The standard InChI is InChI=1S/C25H31N3O2/c1-18-25(22-6-4-5-7-23(22)26-18)20-12-14-28(15-13-20)17-24(29)27(2)16-19-8-10-21(30-3)11-9-19/h4-11,20,26H,12-17H2,1-3H3. The highest BCUT2D eigenvalue weighted by molar-refractivity contribution is 5.85. The highest BCUT2D eigenvalue weighted by atomic mass is 16.5. The summed E-state index contributed by atoms with van der Waals surface area (Å²) in [6.45, 7) is 5.22. The molecule has 1 aliphatic rings. The molecule has 1 aromatic heterocycles. The average Bonchev–Trinajstić information content (AvgIpc) is 3.10. The first-order valence-corrected chi connectivity index (χ1v) is 10.7. The van der Waals surface area contributed by atoms with E-state index >= 15 is 0 Å². The summed E-state index contributed by atoms with van der Waals surface area (Å²) in [4.78, 5) is 20.4. The van der Waals surface area contributed by atoms with Crippen molar-refractivity contribution in [1.29, 1.82) is 0 Å². The smallest absolute Gasteiger partial charge is 0.236 e. The van der Waals surface area contributed by atoms with Gasteiger partial charge in [0.1, 0.15) is 5.75 Å². The van der Waals surface area contributed by atoms with Crippen LogP contribution in [-0.4, -0.2) is 54.5 Å². The first kappa shape index (κ1) is 20.5. The number of likely N-dealkylation sites (tertiary alicyclic amines) is 1. The third-order valence-electron chi connectivity index (χ3n) is 6.30. The Kier molecular flexibility index (Phi) is 6.09. The SMILES string of the molecule is COc1ccc(CN(C)C(=O)CN2CCC(c3c(C)[nH]c4ccccc34)CC2)cc1. The fourth-order valence-corrected chi connectivity index (χ4v) is 4.61. The van der Waals surface area contributed by atoms with Crippen LogP contribution < -0.4 is 4.74 Å². The highest BCUT2D eigenvalue weighted by Crippen LogP contribution is 2.35. The van der Waals surface area contributed by atoms with Gasteiger partial charge in [-0.1, -0.05) is 30.3 Å². The van der Waals surface area contributed by atoms with Crippen molar-refractivity contribution in [2.75, 3.05) is 33.8 Å². The maximum atomic E-state index is 12.7. The fourth-order valence-electron chi connectivity index (χ4n) is 4.61. The number of amides is 1. The lowest BCUT2D eigenvalue weighted by atomic mass is 9.87. The van der Waals surface area contributed by atoms with Gasteiger partial charge in [-0.2, -0.15) is 0 Å². The number of aromatic nitrogens is 1. The number of carbonyl (C=O) groups excluding carboxylic acids is 1. The number of methoxy groups -OCH3 is 1. The lowest BCUT2D eigenvalue weighted by Gasteiger charge is -2.33. The zero-order valence-electron chi connectivity index (χ0n) is 18.1. The number of hydrogen-bond donors (Lipinski definition) is 1. The molecular weight excluding hydrogens is 374 g/mol. The van der Waals surface area contributed by atoms with E-state index in [0.717, 1.165) is 37.2 Å². The van der Waals surface area contributed by atoms with Gasteiger partial charge < -0.3 is 14.6 Å². The van der Waals surface area contributed by atoms with Gasteiger partial charge in [-0.25, -0.2) is 0 Å². The van der Waals surface area contributed by atoms with Crippen molar-refractivity contribution in [3.8, 4) is 5.75 Å². The number of piperidine rings is 1. The summed E-state index contributed by atoms with van der Waals surface area (Å²) in [6, 6.07) is 16.5. The predicted molar refractivity (Wildman–Crippen MR) is 121 cm³/mol. The van der Waals surface area contributed by atoms with Crippen molar-refractivity contribution >= 4 is 16.8 Å². The zero-order valence-corrected chi connectivity index (χ0v) is 18.1. The summed E-state index contributed by atoms with van der Waals surface area (Å²) in [5, 5.41) is 1.35. The molecule has 0 atom stereocenters. The molecule has 1 aliphatic heterocycles. The Morgan fingerprint density at radius 1 is 1.13 bits per heavy atom. The van der Waals surface area contributed by atoms with Crippen molar-refractivity contribution < 1.29 is 9.53 Å². The van der Waals surface area contributed by atoms with Gasteiger partial charge in [0, 0.05) is 30.2 Å². The minimum absolute atomic E-state index is 0.174. The lowest BCUT2D eigenvalue weighted by Crippen LogP contribution is -2.41. The van der Waals surface area contributed by atoms with Gasteiger partial charge in [0.2, 0.25) is 5.91 Å². The monoisotopic (exact) mass is 405 g/mol. The predicted octanol–water partition coefficient (Wildman–Crippen LogP) is 4.32. The molecule has 2 aromatic carbocycles. The molecule has 0 unspecified atom stereocenters. The van der Waals surface area contributed by atoms with Gasteiger partial charge in [0.05, 0.1) is 13.7 Å². The zero-order chi connectivity index (χ0) is 21.1. The largest absolute Gasteiger partial charge is 0.497 e. The van der Waals surface area contributed by atoms with E-state index < -0.39 is 0 Å². The Morgan fingerprint density at radius 3 is 2.53 bits per heavy atom. The van der Waals surface area contributed by atoms with Crippen molar-refractivity contribution in [1.82, 2.24) is 14.8 Å². The van der Waals surface area contributed by atoms with Gasteiger partial charge in [-0.3, -0.25) is 9.69 Å². The van der Waals surface area contributed by atoms with E-state index in [2.05, 4.69) is 41.1 Å². The number of benzene rings is 2. The molecule has 0 spiro atoms. The molecule has 0 aliphatic carbocycles. The Morgan fingerprint density at radius 2 is 1.83 bits per heavy atom. The van der Waals surface area contributed by atoms with E-state index in [1.165, 1.54) is 22.2 Å². The minimum Gasteiger partial charge on any atom is -0.497 e. The molecule has 5 heteroatoms. The molecule has 30 heavy (non-hydrogen) atoms. The van der Waals surface area contributed by atoms with E-state index in [1.807, 2.05) is 36.2 Å². The van der Waals surface area contributed by atoms with E-state index in [-0.39, 0.29) is 5.91 Å². The molecule has 3 aromatic rings. The summed E-state index contributed by atoms with van der Waals surface area (Å²) < 4.78 is 5.20. The molecule has 5 nitrogen and oxygen atoms in total. The maximum Gasteiger partial charge on any atom is 0.236 e. The first-order valence-electron chi connectivity index (χ1n) is 10.7. The van der Waals surface area contributed by atoms with E-state index in [0.29, 0.717) is 19.0 Å². The van der Waals surface area contributed by atoms with Crippen LogP contribution in [0.5, 0.6) is 5.75 Å². The summed E-state index contributed by atoms with van der Waals surface area (Å²) in [5.41, 5.74) is 5.08. The van der Waals surface area contributed by atoms with Crippen LogP contribution in [0.1, 0.15) is 35.6 Å². The quantitative estimate of drug-likeness (QED) is 0.664. The van der Waals surface area contributed by atoms with Crippen molar-refractivity contribution in [2.45, 2.75) is 32.2 Å². The molecule has 0 radical (unpaired) electrons. The molecule has 1 amide bonds. The van der Waals surface area contributed by atoms with Crippen LogP contribution in [0.25, 0.3) is 10.9 Å². The Balaban J connectivity index is 1.31. The summed E-state index contributed by atoms with van der Waals surface area (Å²) in [7, 11) is 3.54. The third kappa shape index (κ3) is 4.36. The van der Waals surface area contributed by atoms with E-state index in [1.54, 1.807) is 7.11 Å². The van der Waals surface area contributed by atoms with Crippen LogP contribution in [0.4, 0.5) is 0 Å². The number of ether oxygens (including phenoxy) is 1. The Hall–Kier alpha value is -2.79. The molecule has 1 N–H and O–H groups in total. The number of nitrogens with zero attached hydrogens (tertiary/aromatic N) is 2. The number of para-hydroxylation sites is 1. The van der Waals surface area contributed by atoms with Gasteiger partial charge in [-0.05, 0) is 68.1 Å². The number of aryl methyl sites for hydroxylation is 1. The van der Waals surface area contributed by atoms with E-state index in [4.69, 9.17) is 4.74 Å². The normalized spacial score (nSPS) is 15.4. The second-order valence-corrected chi connectivity index (χ2v) is 8.36. The molecule has 2 heterocycles. The molecule has 0 bridgehead atoms. The second-order valence-electron chi connectivity index (χ2n) is 8.36. The number of H-pyrrole nitrogens is 1. The van der Waals surface area contributed by atoms with Gasteiger partial charge in [-0.15, -0.1) is 0 Å². The van der Waals surface area contributed by atoms with Crippen LogP contribution in [0.15, 0.2) is 48.5 Å². The topological polar surface area (TPSA) is 48.6 Å². The van der Waals surface area contributed by atoms with Crippen LogP contribution in [0.3, 0.4) is 0 Å². The number of fused-ring (bicyclic) bond motifs is 1. The van der Waals surface area contributed by atoms with Crippen molar-refractivity contribution in [3.05, 3.63) is 65.4 Å². The molecular formula is C25H31N3O2. The summed E-state index contributed by atoms with van der Waals surface area (Å²) in [6.07, 6.45) is 2.19. The van der Waals surface area contributed by atoms with Crippen LogP contribution in [0, 0.1) is 6.92 Å². The van der Waals surface area contributed by atoms with Gasteiger partial charge >= 0.3 is 0 Å². The van der Waals surface area contributed by atoms with Crippen LogP contribution >= 0.6 is 0 Å². The van der Waals surface area contributed by atoms with Crippen molar-refractivity contribution in [3.63, 3.8) is 0 Å². The molecule has 0 saturated carbocycles. The van der Waals surface area contributed by atoms with E-state index in [9.17, 15) is 4.79 Å². The minimum atomic E-state index is 0.174. The molecule has 1 saturated heterocycles. The highest BCUT2D eigenvalue weighted by Gasteiger charge is 2.26. The van der Waals surface area contributed by atoms with Crippen LogP contribution in [0.2, 0.25) is 0 Å². The lowest BCUT2D eigenvalue weighted by molar-refractivity contribution is -0.131. The molecule has 4 rings (SSSR count). The number of aromatic amines is 1. The molecule has 1 fully saturated rings. The maximum absolute atomic E-state index is 12.7. The summed E-state index contributed by atoms with van der Waals surface area (Å²) >= 11 is 0. The van der Waals surface area contributed by atoms with Gasteiger partial charge in [0.25, 0.3) is 0 Å². The average molecular weight is 406 g/mol. The fraction of sp³-hybridized carbons (Fsp3) is 0.400. The number of carbonyl (C=O) groups is 1. The van der Waals surface area contributed by atoms with Crippen molar-refractivity contribution in [2.24, 2.45) is 0 Å². The van der Waals surface area contributed by atoms with Gasteiger partial charge in [0.15, 0.2) is 0 Å². The first-order chi connectivity index (χ1) is 14.5. The third-order valence-corrected chi connectivity index (χ3v) is 6.30. The number of rotatable bonds is 6. The molecule has 158 valence electrons. The van der Waals surface area contributed by atoms with Crippen LogP contribution in [-0.2, 0) is 11.3 Å². The number of hydrogen-bond acceptors (Lipinski definition) is 3. The number of nitrogens with one attached hydrogen (secondary N) is 1. The Labute approximate surface area is 178 Å². The Bertz CT molecular complexity index is 1000. The number of likely N-dealkylation sites (N-methyl/N-ethyl adjacent to an activating group) is 1. The summed E-state index contributed by atoms with van der Waals surface area (Å²) in [5.74, 6) is 1.57.